The highest BCUT2D eigenvalue weighted by Crippen LogP contribution is 2.44. The highest BCUT2D eigenvalue weighted by molar-refractivity contribution is 6.30. The molecule has 4 rings (SSSR count). The first kappa shape index (κ1) is 29.3. The van der Waals surface area contributed by atoms with Crippen LogP contribution in [-0.2, 0) is 16.0 Å². The summed E-state index contributed by atoms with van der Waals surface area (Å²) in [5, 5.41) is 3.48. The lowest BCUT2D eigenvalue weighted by Gasteiger charge is -2.38. The minimum absolute atomic E-state index is 0.0419. The molecule has 0 saturated carbocycles. The van der Waals surface area contributed by atoms with E-state index in [4.69, 9.17) is 25.8 Å². The average molecular weight is 565 g/mol. The zero-order valence-electron chi connectivity index (χ0n) is 24.1. The number of fused-ring (bicyclic) bond motifs is 1. The van der Waals surface area contributed by atoms with Gasteiger partial charge < -0.3 is 24.4 Å². The maximum Gasteiger partial charge on any atom is 0.408 e. The zero-order chi connectivity index (χ0) is 29.2. The summed E-state index contributed by atoms with van der Waals surface area (Å²) < 4.78 is 17.1. The lowest BCUT2D eigenvalue weighted by Crippen LogP contribution is -2.41. The smallest absolute Gasteiger partial charge is 0.408 e. The van der Waals surface area contributed by atoms with Crippen LogP contribution in [0.15, 0.2) is 60.7 Å². The fourth-order valence-electron chi connectivity index (χ4n) is 4.82. The molecule has 2 amide bonds. The lowest BCUT2D eigenvalue weighted by atomic mass is 9.86. The van der Waals surface area contributed by atoms with E-state index in [2.05, 4.69) is 5.32 Å². The quantitative estimate of drug-likeness (QED) is 0.323. The molecular weight excluding hydrogens is 528 g/mol. The molecule has 0 bridgehead atoms. The Morgan fingerprint density at radius 3 is 2.23 bits per heavy atom. The zero-order valence-corrected chi connectivity index (χ0v) is 24.8. The summed E-state index contributed by atoms with van der Waals surface area (Å²) in [6.45, 7) is 11.3. The molecule has 3 aromatic rings. The molecule has 40 heavy (non-hydrogen) atoms. The number of carbonyl (C=O) groups excluding carboxylic acids is 2. The third kappa shape index (κ3) is 6.70. The minimum atomic E-state index is -0.584. The summed E-state index contributed by atoms with van der Waals surface area (Å²) in [7, 11) is 1.60. The highest BCUT2D eigenvalue weighted by Gasteiger charge is 2.36. The number of halogens is 1. The van der Waals surface area contributed by atoms with Gasteiger partial charge in [-0.15, -0.1) is 0 Å². The summed E-state index contributed by atoms with van der Waals surface area (Å²) in [6.07, 6.45) is -0.313. The summed E-state index contributed by atoms with van der Waals surface area (Å²) >= 11 is 6.22. The Hall–Kier alpha value is -3.71. The molecule has 3 aromatic carbocycles. The Kier molecular flexibility index (Phi) is 8.64. The number of benzene rings is 3. The van der Waals surface area contributed by atoms with E-state index in [1.807, 2.05) is 107 Å². The molecular formula is C32H37ClN2O5. The molecule has 0 saturated heterocycles. The molecule has 2 atom stereocenters. The summed E-state index contributed by atoms with van der Waals surface area (Å²) in [4.78, 5) is 27.8. The highest BCUT2D eigenvalue weighted by atomic mass is 35.5. The second-order valence-corrected chi connectivity index (χ2v) is 11.7. The topological polar surface area (TPSA) is 77.1 Å². The molecule has 1 heterocycles. The van der Waals surface area contributed by atoms with Crippen molar-refractivity contribution in [3.63, 3.8) is 0 Å². The van der Waals surface area contributed by atoms with Crippen LogP contribution >= 0.6 is 11.6 Å². The van der Waals surface area contributed by atoms with E-state index in [1.54, 1.807) is 7.11 Å². The number of hydrogen-bond acceptors (Lipinski definition) is 5. The SMILES string of the molecule is COc1cc2c(cc1OC(C)C)C(c1ccc(Cl)cc1)N(c1ccc([C@H](C)NC(=O)OC(C)(C)C)cc1)C(=O)C2. The second-order valence-electron chi connectivity index (χ2n) is 11.2. The third-order valence-electron chi connectivity index (χ3n) is 6.54. The van der Waals surface area contributed by atoms with Crippen LogP contribution < -0.4 is 19.7 Å². The van der Waals surface area contributed by atoms with Gasteiger partial charge in [-0.1, -0.05) is 35.9 Å². The van der Waals surface area contributed by atoms with Crippen LogP contribution in [-0.4, -0.2) is 30.8 Å². The van der Waals surface area contributed by atoms with Crippen LogP contribution in [0.1, 0.15) is 75.9 Å². The number of hydrogen-bond donors (Lipinski definition) is 1. The van der Waals surface area contributed by atoms with Crippen molar-refractivity contribution in [2.45, 2.75) is 71.8 Å². The molecule has 0 radical (unpaired) electrons. The van der Waals surface area contributed by atoms with Crippen molar-refractivity contribution in [3.8, 4) is 11.5 Å². The van der Waals surface area contributed by atoms with E-state index in [0.29, 0.717) is 16.5 Å². The van der Waals surface area contributed by atoms with E-state index >= 15 is 0 Å². The first-order valence-corrected chi connectivity index (χ1v) is 13.8. The molecule has 0 fully saturated rings. The van der Waals surface area contributed by atoms with Crippen molar-refractivity contribution in [2.75, 3.05) is 12.0 Å². The maximum absolute atomic E-state index is 13.7. The van der Waals surface area contributed by atoms with Crippen molar-refractivity contribution >= 4 is 29.3 Å². The van der Waals surface area contributed by atoms with Gasteiger partial charge in [0.1, 0.15) is 5.60 Å². The van der Waals surface area contributed by atoms with Gasteiger partial charge in [0.2, 0.25) is 5.91 Å². The molecule has 1 aliphatic rings. The molecule has 8 heteroatoms. The molecule has 1 aliphatic heterocycles. The summed E-state index contributed by atoms with van der Waals surface area (Å²) in [6, 6.07) is 18.4. The Morgan fingerprint density at radius 1 is 1.00 bits per heavy atom. The van der Waals surface area contributed by atoms with Gasteiger partial charge in [-0.2, -0.15) is 0 Å². The van der Waals surface area contributed by atoms with Gasteiger partial charge >= 0.3 is 6.09 Å². The fraction of sp³-hybridized carbons (Fsp3) is 0.375. The van der Waals surface area contributed by atoms with E-state index < -0.39 is 17.7 Å². The van der Waals surface area contributed by atoms with Crippen molar-refractivity contribution < 1.29 is 23.8 Å². The summed E-state index contributed by atoms with van der Waals surface area (Å²) in [5.74, 6) is 1.18. The van der Waals surface area contributed by atoms with Gasteiger partial charge in [0.15, 0.2) is 11.5 Å². The van der Waals surface area contributed by atoms with Crippen molar-refractivity contribution in [1.82, 2.24) is 5.32 Å². The van der Waals surface area contributed by atoms with E-state index in [0.717, 1.165) is 27.9 Å². The monoisotopic (exact) mass is 564 g/mol. The first-order chi connectivity index (χ1) is 18.9. The number of nitrogens with zero attached hydrogens (tertiary/aromatic N) is 1. The number of methoxy groups -OCH3 is 1. The number of carbonyl (C=O) groups is 2. The molecule has 0 aromatic heterocycles. The first-order valence-electron chi connectivity index (χ1n) is 13.4. The molecule has 212 valence electrons. The van der Waals surface area contributed by atoms with Crippen LogP contribution in [0.4, 0.5) is 10.5 Å². The second kappa shape index (κ2) is 11.8. The number of alkyl carbamates (subject to hydrolysis) is 1. The van der Waals surface area contributed by atoms with Gasteiger partial charge in [0.05, 0.1) is 31.7 Å². The number of ether oxygens (including phenoxy) is 3. The van der Waals surface area contributed by atoms with E-state index in [9.17, 15) is 9.59 Å². The Balaban J connectivity index is 1.73. The van der Waals surface area contributed by atoms with Crippen molar-refractivity contribution in [2.24, 2.45) is 0 Å². The van der Waals surface area contributed by atoms with Crippen LogP contribution in [0.2, 0.25) is 5.02 Å². The largest absolute Gasteiger partial charge is 0.493 e. The van der Waals surface area contributed by atoms with Crippen LogP contribution in [0.25, 0.3) is 0 Å². The van der Waals surface area contributed by atoms with E-state index in [1.165, 1.54) is 0 Å². The predicted octanol–water partition coefficient (Wildman–Crippen LogP) is 7.40. The number of rotatable bonds is 7. The normalized spacial score (nSPS) is 15.9. The average Bonchev–Trinajstić information content (AvgIpc) is 2.87. The van der Waals surface area contributed by atoms with Crippen molar-refractivity contribution in [1.29, 1.82) is 0 Å². The third-order valence-corrected chi connectivity index (χ3v) is 6.79. The Morgan fingerprint density at radius 2 is 1.65 bits per heavy atom. The number of anilines is 1. The van der Waals surface area contributed by atoms with Crippen LogP contribution in [0.3, 0.4) is 0 Å². The van der Waals surface area contributed by atoms with Gasteiger partial charge in [0, 0.05) is 10.7 Å². The fourth-order valence-corrected chi connectivity index (χ4v) is 4.95. The minimum Gasteiger partial charge on any atom is -0.493 e. The predicted molar refractivity (Wildman–Crippen MR) is 157 cm³/mol. The van der Waals surface area contributed by atoms with Crippen molar-refractivity contribution in [3.05, 3.63) is 87.9 Å². The van der Waals surface area contributed by atoms with Gasteiger partial charge in [-0.05, 0) is 100 Å². The van der Waals surface area contributed by atoms with Crippen LogP contribution in [0.5, 0.6) is 11.5 Å². The van der Waals surface area contributed by atoms with Crippen LogP contribution in [0, 0.1) is 0 Å². The van der Waals surface area contributed by atoms with E-state index in [-0.39, 0.29) is 24.5 Å². The molecule has 7 nitrogen and oxygen atoms in total. The van der Waals surface area contributed by atoms with Gasteiger partial charge in [-0.3, -0.25) is 4.79 Å². The number of nitrogens with one attached hydrogen (secondary N) is 1. The molecule has 0 aliphatic carbocycles. The Bertz CT molecular complexity index is 1360. The standard InChI is InChI=1S/C32H37ClN2O5/c1-19(2)39-28-18-26-23(16-27(28)38-7)17-29(36)35(30(26)22-8-12-24(33)13-9-22)25-14-10-21(11-15-25)20(3)34-31(37)40-32(4,5)6/h8-16,18-20,30H,17H2,1-7H3,(H,34,37)/t20-,30?/m0/s1. The molecule has 1 N–H and O–H groups in total. The lowest BCUT2D eigenvalue weighted by molar-refractivity contribution is -0.118. The van der Waals surface area contributed by atoms with Gasteiger partial charge in [-0.25, -0.2) is 4.79 Å². The maximum atomic E-state index is 13.7. The Labute approximate surface area is 241 Å². The van der Waals surface area contributed by atoms with Gasteiger partial charge in [0.25, 0.3) is 0 Å². The number of amides is 2. The molecule has 1 unspecified atom stereocenters. The molecule has 0 spiro atoms. The summed E-state index contributed by atoms with van der Waals surface area (Å²) in [5.41, 5.74) is 3.82.